The van der Waals surface area contributed by atoms with Crippen LogP contribution in [0, 0.1) is 0 Å². The summed E-state index contributed by atoms with van der Waals surface area (Å²) in [5.74, 6) is -0.206. The molecule has 1 N–H and O–H groups in total. The lowest BCUT2D eigenvalue weighted by Gasteiger charge is -2.28. The molecule has 2 saturated heterocycles. The van der Waals surface area contributed by atoms with Crippen LogP contribution < -0.4 is 5.32 Å². The molecule has 2 aliphatic rings. The van der Waals surface area contributed by atoms with Crippen molar-refractivity contribution in [3.63, 3.8) is 0 Å². The fraction of sp³-hybridized carbons (Fsp3) is 1.00. The van der Waals surface area contributed by atoms with Gasteiger partial charge in [0.1, 0.15) is 0 Å². The first-order chi connectivity index (χ1) is 7.42. The molecule has 2 rings (SSSR count). The van der Waals surface area contributed by atoms with Crippen molar-refractivity contribution in [2.45, 2.75) is 11.7 Å². The average molecular weight is 268 g/mol. The van der Waals surface area contributed by atoms with Crippen LogP contribution in [0.3, 0.4) is 0 Å². The van der Waals surface area contributed by atoms with Gasteiger partial charge in [0.2, 0.25) is 10.0 Å². The molecule has 0 spiro atoms. The number of nitrogens with one attached hydrogen (secondary N) is 1. The van der Waals surface area contributed by atoms with Crippen molar-refractivity contribution in [1.82, 2.24) is 9.62 Å². The molecule has 0 radical (unpaired) electrons. The molecular formula is C8H16N2O4S2. The van der Waals surface area contributed by atoms with Crippen LogP contribution in [0.5, 0.6) is 0 Å². The second-order valence-corrected chi connectivity index (χ2v) is 8.66. The molecule has 0 aromatic heterocycles. The number of nitrogens with zero attached hydrogens (tertiary/aromatic N) is 1. The summed E-state index contributed by atoms with van der Waals surface area (Å²) in [5, 5.41) is 2.34. The molecule has 0 amide bonds. The SMILES string of the molecule is O=S1(=O)CC[C@@H](S(=O)(=O)N2CCNCC2)C1. The molecule has 6 nitrogen and oxygen atoms in total. The van der Waals surface area contributed by atoms with Gasteiger partial charge in [0.25, 0.3) is 0 Å². The monoisotopic (exact) mass is 268 g/mol. The zero-order chi connectivity index (χ0) is 11.8. The van der Waals surface area contributed by atoms with Gasteiger partial charge in [0.15, 0.2) is 9.84 Å². The molecule has 2 aliphatic heterocycles. The summed E-state index contributed by atoms with van der Waals surface area (Å²) >= 11 is 0. The summed E-state index contributed by atoms with van der Waals surface area (Å²) in [6.45, 7) is 2.16. The van der Waals surface area contributed by atoms with Gasteiger partial charge in [-0.3, -0.25) is 0 Å². The Bertz CT molecular complexity index is 450. The number of piperazine rings is 1. The Morgan fingerprint density at radius 1 is 1.19 bits per heavy atom. The lowest BCUT2D eigenvalue weighted by Crippen LogP contribution is -2.49. The minimum absolute atomic E-state index is 0.00296. The minimum Gasteiger partial charge on any atom is -0.314 e. The van der Waals surface area contributed by atoms with E-state index in [2.05, 4.69) is 5.32 Å². The standard InChI is InChI=1S/C8H16N2O4S2/c11-15(12)6-1-8(7-15)16(13,14)10-4-2-9-3-5-10/h8-9H,1-7H2/t8-/m1/s1. The molecule has 0 saturated carbocycles. The van der Waals surface area contributed by atoms with Crippen LogP contribution in [0.1, 0.15) is 6.42 Å². The van der Waals surface area contributed by atoms with Crippen LogP contribution in [-0.2, 0) is 19.9 Å². The van der Waals surface area contributed by atoms with E-state index in [1.54, 1.807) is 0 Å². The lowest BCUT2D eigenvalue weighted by atomic mass is 10.4. The first kappa shape index (κ1) is 12.3. The molecule has 2 heterocycles. The van der Waals surface area contributed by atoms with Crippen LogP contribution in [0.25, 0.3) is 0 Å². The van der Waals surface area contributed by atoms with Gasteiger partial charge in [0.05, 0.1) is 16.8 Å². The zero-order valence-electron chi connectivity index (χ0n) is 8.92. The van der Waals surface area contributed by atoms with E-state index in [0.29, 0.717) is 26.2 Å². The summed E-state index contributed by atoms with van der Waals surface area (Å²) in [4.78, 5) is 0. The average Bonchev–Trinajstić information content (AvgIpc) is 2.61. The largest absolute Gasteiger partial charge is 0.314 e. The van der Waals surface area contributed by atoms with E-state index in [1.807, 2.05) is 0 Å². The van der Waals surface area contributed by atoms with Gasteiger partial charge in [-0.15, -0.1) is 0 Å². The van der Waals surface area contributed by atoms with Gasteiger partial charge in [-0.25, -0.2) is 16.8 Å². The van der Waals surface area contributed by atoms with E-state index in [4.69, 9.17) is 0 Å². The van der Waals surface area contributed by atoms with Crippen LogP contribution in [0.4, 0.5) is 0 Å². The number of sulfone groups is 1. The highest BCUT2D eigenvalue weighted by Crippen LogP contribution is 2.22. The third-order valence-electron chi connectivity index (χ3n) is 3.05. The molecule has 0 aliphatic carbocycles. The number of sulfonamides is 1. The molecule has 1 atom stereocenters. The first-order valence-electron chi connectivity index (χ1n) is 5.32. The predicted octanol–water partition coefficient (Wildman–Crippen LogP) is -1.59. The Balaban J connectivity index is 2.13. The molecule has 0 bridgehead atoms. The van der Waals surface area contributed by atoms with Gasteiger partial charge in [-0.2, -0.15) is 4.31 Å². The van der Waals surface area contributed by atoms with Gasteiger partial charge in [0, 0.05) is 26.2 Å². The maximum absolute atomic E-state index is 12.1. The number of hydrogen-bond acceptors (Lipinski definition) is 5. The molecular weight excluding hydrogens is 252 g/mol. The van der Waals surface area contributed by atoms with Crippen molar-refractivity contribution in [1.29, 1.82) is 0 Å². The quantitative estimate of drug-likeness (QED) is 0.653. The van der Waals surface area contributed by atoms with E-state index >= 15 is 0 Å². The molecule has 2 fully saturated rings. The second kappa shape index (κ2) is 4.25. The van der Waals surface area contributed by atoms with E-state index in [-0.39, 0.29) is 17.9 Å². The Hall–Kier alpha value is -0.180. The topological polar surface area (TPSA) is 83.5 Å². The highest BCUT2D eigenvalue weighted by molar-refractivity contribution is 7.95. The van der Waals surface area contributed by atoms with Crippen molar-refractivity contribution < 1.29 is 16.8 Å². The smallest absolute Gasteiger partial charge is 0.218 e. The summed E-state index contributed by atoms with van der Waals surface area (Å²) in [7, 11) is -6.56. The fourth-order valence-corrected chi connectivity index (χ4v) is 6.64. The van der Waals surface area contributed by atoms with E-state index < -0.39 is 25.1 Å². The maximum Gasteiger partial charge on any atom is 0.218 e. The van der Waals surface area contributed by atoms with Crippen molar-refractivity contribution in [3.8, 4) is 0 Å². The normalized spacial score (nSPS) is 31.6. The third-order valence-corrected chi connectivity index (χ3v) is 7.36. The predicted molar refractivity (Wildman–Crippen MR) is 60.4 cm³/mol. The van der Waals surface area contributed by atoms with E-state index in [1.165, 1.54) is 4.31 Å². The Kier molecular flexibility index (Phi) is 3.26. The third kappa shape index (κ3) is 2.39. The van der Waals surface area contributed by atoms with Crippen molar-refractivity contribution >= 4 is 19.9 Å². The summed E-state index contributed by atoms with van der Waals surface area (Å²) in [6.07, 6.45) is 0.245. The van der Waals surface area contributed by atoms with Crippen molar-refractivity contribution in [2.75, 3.05) is 37.7 Å². The van der Waals surface area contributed by atoms with Crippen LogP contribution in [0.2, 0.25) is 0 Å². The Morgan fingerprint density at radius 2 is 1.81 bits per heavy atom. The number of rotatable bonds is 2. The minimum atomic E-state index is -3.42. The molecule has 94 valence electrons. The molecule has 0 aromatic rings. The van der Waals surface area contributed by atoms with Crippen LogP contribution in [0.15, 0.2) is 0 Å². The summed E-state index contributed by atoms with van der Waals surface area (Å²) in [6, 6.07) is 0. The van der Waals surface area contributed by atoms with Gasteiger partial charge >= 0.3 is 0 Å². The fourth-order valence-electron chi connectivity index (χ4n) is 2.11. The summed E-state index contributed by atoms with van der Waals surface area (Å²) < 4.78 is 48.2. The lowest BCUT2D eigenvalue weighted by molar-refractivity contribution is 0.356. The van der Waals surface area contributed by atoms with E-state index in [0.717, 1.165) is 0 Å². The highest BCUT2D eigenvalue weighted by Gasteiger charge is 2.40. The zero-order valence-corrected chi connectivity index (χ0v) is 10.6. The number of hydrogen-bond donors (Lipinski definition) is 1. The molecule has 8 heteroatoms. The van der Waals surface area contributed by atoms with Gasteiger partial charge < -0.3 is 5.32 Å². The second-order valence-electron chi connectivity index (χ2n) is 4.22. The summed E-state index contributed by atoms with van der Waals surface area (Å²) in [5.41, 5.74) is 0. The Labute approximate surface area is 96.0 Å². The molecule has 0 unspecified atom stereocenters. The van der Waals surface area contributed by atoms with Crippen LogP contribution in [-0.4, -0.2) is 64.1 Å². The van der Waals surface area contributed by atoms with Gasteiger partial charge in [-0.05, 0) is 6.42 Å². The maximum atomic E-state index is 12.1. The van der Waals surface area contributed by atoms with Gasteiger partial charge in [-0.1, -0.05) is 0 Å². The van der Waals surface area contributed by atoms with Crippen LogP contribution >= 0.6 is 0 Å². The van der Waals surface area contributed by atoms with Crippen molar-refractivity contribution in [3.05, 3.63) is 0 Å². The molecule has 0 aromatic carbocycles. The first-order valence-corrected chi connectivity index (χ1v) is 8.64. The highest BCUT2D eigenvalue weighted by atomic mass is 32.2. The Morgan fingerprint density at radius 3 is 2.31 bits per heavy atom. The molecule has 16 heavy (non-hydrogen) atoms. The van der Waals surface area contributed by atoms with E-state index in [9.17, 15) is 16.8 Å². The van der Waals surface area contributed by atoms with Crippen molar-refractivity contribution in [2.24, 2.45) is 0 Å².